The zero-order chi connectivity index (χ0) is 13.2. The van der Waals surface area contributed by atoms with E-state index in [-0.39, 0.29) is 0 Å². The summed E-state index contributed by atoms with van der Waals surface area (Å²) >= 11 is 1.88. The van der Waals surface area contributed by atoms with E-state index in [0.29, 0.717) is 6.04 Å². The highest BCUT2D eigenvalue weighted by Gasteiger charge is 2.28. The molecule has 0 aromatic carbocycles. The first-order chi connectivity index (χ1) is 9.31. The first kappa shape index (κ1) is 12.8. The van der Waals surface area contributed by atoms with Crippen LogP contribution in [0, 0.1) is 0 Å². The number of rotatable bonds is 4. The van der Waals surface area contributed by atoms with Crippen molar-refractivity contribution in [2.75, 3.05) is 6.54 Å². The summed E-state index contributed by atoms with van der Waals surface area (Å²) in [6, 6.07) is 2.76. The standard InChI is InChI=1S/C14H19N3OS/c1-3-11-10-6-8-19-12(10)5-7-17(11)9-14-15-13(4-2)16-18-14/h6,8,11H,3-5,7,9H2,1-2H3. The van der Waals surface area contributed by atoms with E-state index in [1.54, 1.807) is 4.88 Å². The summed E-state index contributed by atoms with van der Waals surface area (Å²) in [5.41, 5.74) is 1.49. The highest BCUT2D eigenvalue weighted by atomic mass is 32.1. The van der Waals surface area contributed by atoms with Crippen LogP contribution < -0.4 is 0 Å². The third-order valence-corrected chi connectivity index (χ3v) is 4.75. The predicted octanol–water partition coefficient (Wildman–Crippen LogP) is 3.20. The lowest BCUT2D eigenvalue weighted by molar-refractivity contribution is 0.151. The van der Waals surface area contributed by atoms with Gasteiger partial charge in [0.1, 0.15) is 0 Å². The Kier molecular flexibility index (Phi) is 3.66. The SMILES string of the molecule is CCc1noc(CN2CCc3sccc3C2CC)n1. The smallest absolute Gasteiger partial charge is 0.240 e. The van der Waals surface area contributed by atoms with Gasteiger partial charge in [0.2, 0.25) is 5.89 Å². The maximum Gasteiger partial charge on any atom is 0.240 e. The maximum absolute atomic E-state index is 5.32. The summed E-state index contributed by atoms with van der Waals surface area (Å²) in [6.45, 7) is 6.13. The first-order valence-corrected chi connectivity index (χ1v) is 7.81. The third kappa shape index (κ3) is 2.44. The van der Waals surface area contributed by atoms with Gasteiger partial charge in [-0.25, -0.2) is 0 Å². The Morgan fingerprint density at radius 2 is 2.37 bits per heavy atom. The van der Waals surface area contributed by atoms with Crippen LogP contribution in [-0.2, 0) is 19.4 Å². The predicted molar refractivity (Wildman–Crippen MR) is 75.1 cm³/mol. The molecule has 0 radical (unpaired) electrons. The van der Waals surface area contributed by atoms with Crippen LogP contribution >= 0.6 is 11.3 Å². The van der Waals surface area contributed by atoms with Crippen LogP contribution in [0.1, 0.15) is 48.5 Å². The fraction of sp³-hybridized carbons (Fsp3) is 0.571. The highest BCUT2D eigenvalue weighted by Crippen LogP contribution is 2.35. The topological polar surface area (TPSA) is 42.2 Å². The van der Waals surface area contributed by atoms with Crippen LogP contribution in [0.5, 0.6) is 0 Å². The summed E-state index contributed by atoms with van der Waals surface area (Å²) in [4.78, 5) is 8.42. The fourth-order valence-electron chi connectivity index (χ4n) is 2.79. The lowest BCUT2D eigenvalue weighted by Crippen LogP contribution is -2.34. The molecule has 4 nitrogen and oxygen atoms in total. The number of thiophene rings is 1. The average Bonchev–Trinajstić information content (AvgIpc) is 3.06. The Hall–Kier alpha value is -1.20. The minimum Gasteiger partial charge on any atom is -0.338 e. The number of hydrogen-bond donors (Lipinski definition) is 0. The summed E-state index contributed by atoms with van der Waals surface area (Å²) in [5.74, 6) is 1.55. The Morgan fingerprint density at radius 1 is 1.47 bits per heavy atom. The molecule has 5 heteroatoms. The number of nitrogens with zero attached hydrogens (tertiary/aromatic N) is 3. The van der Waals surface area contributed by atoms with E-state index >= 15 is 0 Å². The summed E-state index contributed by atoms with van der Waals surface area (Å²) < 4.78 is 5.32. The van der Waals surface area contributed by atoms with Crippen molar-refractivity contribution < 1.29 is 4.52 Å². The van der Waals surface area contributed by atoms with E-state index < -0.39 is 0 Å². The molecule has 1 aliphatic heterocycles. The van der Waals surface area contributed by atoms with Crippen LogP contribution in [-0.4, -0.2) is 21.6 Å². The molecule has 3 heterocycles. The molecule has 2 aromatic rings. The zero-order valence-electron chi connectivity index (χ0n) is 11.4. The molecule has 2 aromatic heterocycles. The van der Waals surface area contributed by atoms with Gasteiger partial charge >= 0.3 is 0 Å². The van der Waals surface area contributed by atoms with Gasteiger partial charge in [0.25, 0.3) is 0 Å². The van der Waals surface area contributed by atoms with E-state index in [1.807, 2.05) is 18.3 Å². The summed E-state index contributed by atoms with van der Waals surface area (Å²) in [7, 11) is 0. The molecule has 102 valence electrons. The molecule has 1 atom stereocenters. The lowest BCUT2D eigenvalue weighted by Gasteiger charge is -2.34. The number of aryl methyl sites for hydroxylation is 1. The van der Waals surface area contributed by atoms with Crippen LogP contribution in [0.15, 0.2) is 16.0 Å². The van der Waals surface area contributed by atoms with Crippen molar-refractivity contribution >= 4 is 11.3 Å². The van der Waals surface area contributed by atoms with E-state index in [0.717, 1.165) is 44.1 Å². The van der Waals surface area contributed by atoms with Gasteiger partial charge in [-0.3, -0.25) is 4.90 Å². The molecule has 1 aliphatic rings. The second-order valence-electron chi connectivity index (χ2n) is 4.90. The Morgan fingerprint density at radius 3 is 3.11 bits per heavy atom. The minimum absolute atomic E-state index is 0.493. The largest absolute Gasteiger partial charge is 0.338 e. The van der Waals surface area contributed by atoms with Crippen molar-refractivity contribution in [3.05, 3.63) is 33.6 Å². The summed E-state index contributed by atoms with van der Waals surface area (Å²) in [5, 5.41) is 6.18. The summed E-state index contributed by atoms with van der Waals surface area (Å²) in [6.07, 6.45) is 3.09. The van der Waals surface area contributed by atoms with Gasteiger partial charge in [-0.2, -0.15) is 4.98 Å². The molecule has 1 unspecified atom stereocenters. The normalized spacial score (nSPS) is 19.6. The minimum atomic E-state index is 0.493. The molecular formula is C14H19N3OS. The monoisotopic (exact) mass is 277 g/mol. The van der Waals surface area contributed by atoms with Crippen LogP contribution in [0.2, 0.25) is 0 Å². The van der Waals surface area contributed by atoms with E-state index in [9.17, 15) is 0 Å². The molecule has 0 spiro atoms. The van der Waals surface area contributed by atoms with Crippen LogP contribution in [0.4, 0.5) is 0 Å². The van der Waals surface area contributed by atoms with Gasteiger partial charge in [-0.05, 0) is 29.9 Å². The Bertz CT molecular complexity index is 548. The molecule has 0 bridgehead atoms. The molecule has 0 amide bonds. The molecule has 19 heavy (non-hydrogen) atoms. The van der Waals surface area contributed by atoms with E-state index in [1.165, 1.54) is 5.56 Å². The second kappa shape index (κ2) is 5.43. The molecule has 0 saturated carbocycles. The van der Waals surface area contributed by atoms with Gasteiger partial charge < -0.3 is 4.52 Å². The van der Waals surface area contributed by atoms with Crippen molar-refractivity contribution in [1.82, 2.24) is 15.0 Å². The van der Waals surface area contributed by atoms with Crippen molar-refractivity contribution in [2.24, 2.45) is 0 Å². The highest BCUT2D eigenvalue weighted by molar-refractivity contribution is 7.10. The Labute approximate surface area is 117 Å². The van der Waals surface area contributed by atoms with Crippen LogP contribution in [0.25, 0.3) is 0 Å². The van der Waals surface area contributed by atoms with Crippen LogP contribution in [0.3, 0.4) is 0 Å². The molecule has 0 N–H and O–H groups in total. The van der Waals surface area contributed by atoms with Gasteiger partial charge in [0, 0.05) is 23.9 Å². The lowest BCUT2D eigenvalue weighted by atomic mass is 9.98. The molecule has 0 saturated heterocycles. The quantitative estimate of drug-likeness (QED) is 0.860. The van der Waals surface area contributed by atoms with Crippen molar-refractivity contribution in [2.45, 2.75) is 45.7 Å². The third-order valence-electron chi connectivity index (χ3n) is 3.76. The van der Waals surface area contributed by atoms with Gasteiger partial charge in [0.05, 0.1) is 6.54 Å². The van der Waals surface area contributed by atoms with Gasteiger partial charge in [-0.1, -0.05) is 19.0 Å². The van der Waals surface area contributed by atoms with Gasteiger partial charge in [0.15, 0.2) is 5.82 Å². The number of hydrogen-bond acceptors (Lipinski definition) is 5. The maximum atomic E-state index is 5.32. The fourth-order valence-corrected chi connectivity index (χ4v) is 3.72. The molecule has 3 rings (SSSR count). The van der Waals surface area contributed by atoms with Crippen molar-refractivity contribution in [3.63, 3.8) is 0 Å². The molecule has 0 fully saturated rings. The number of fused-ring (bicyclic) bond motifs is 1. The second-order valence-corrected chi connectivity index (χ2v) is 5.90. The molecular weight excluding hydrogens is 258 g/mol. The molecule has 0 aliphatic carbocycles. The Balaban J connectivity index is 1.78. The average molecular weight is 277 g/mol. The number of aromatic nitrogens is 2. The first-order valence-electron chi connectivity index (χ1n) is 6.93. The zero-order valence-corrected chi connectivity index (χ0v) is 12.2. The van der Waals surface area contributed by atoms with Crippen molar-refractivity contribution in [1.29, 1.82) is 0 Å². The van der Waals surface area contributed by atoms with E-state index in [2.05, 4.69) is 33.4 Å². The van der Waals surface area contributed by atoms with E-state index in [4.69, 9.17) is 4.52 Å². The van der Waals surface area contributed by atoms with Gasteiger partial charge in [-0.15, -0.1) is 11.3 Å². The van der Waals surface area contributed by atoms with Crippen molar-refractivity contribution in [3.8, 4) is 0 Å².